The van der Waals surface area contributed by atoms with Gasteiger partial charge in [0, 0.05) is 12.1 Å². The Morgan fingerprint density at radius 2 is 1.74 bits per heavy atom. The van der Waals surface area contributed by atoms with Crippen molar-refractivity contribution >= 4 is 33.3 Å². The van der Waals surface area contributed by atoms with Crippen LogP contribution >= 0.6 is 11.6 Å². The molecule has 0 bridgehead atoms. The number of benzene rings is 3. The highest BCUT2D eigenvalue weighted by Gasteiger charge is 2.20. The summed E-state index contributed by atoms with van der Waals surface area (Å²) in [5.41, 5.74) is 1.68. The number of hydrogen-bond donors (Lipinski definition) is 2. The molecule has 2 N–H and O–H groups in total. The van der Waals surface area contributed by atoms with Crippen molar-refractivity contribution in [3.05, 3.63) is 88.4 Å². The van der Waals surface area contributed by atoms with Crippen molar-refractivity contribution in [1.82, 2.24) is 0 Å². The molecule has 3 rings (SSSR count). The summed E-state index contributed by atoms with van der Waals surface area (Å²) in [5.74, 6) is -0.741. The molecule has 0 fully saturated rings. The van der Waals surface area contributed by atoms with Gasteiger partial charge in [-0.15, -0.1) is 0 Å². The lowest BCUT2D eigenvalue weighted by atomic mass is 10.1. The van der Waals surface area contributed by atoms with Crippen LogP contribution in [0.4, 0.5) is 5.69 Å². The molecular weight excluding hydrogens is 494 g/mol. The number of aromatic carboxylic acids is 1. The second-order valence-electron chi connectivity index (χ2n) is 7.50. The normalized spacial score (nSPS) is 11.3. The van der Waals surface area contributed by atoms with Crippen LogP contribution < -0.4 is 9.46 Å². The van der Waals surface area contributed by atoms with Crippen LogP contribution in [0.25, 0.3) is 0 Å². The maximum atomic E-state index is 13.3. The molecule has 0 aliphatic rings. The lowest BCUT2D eigenvalue weighted by molar-refractivity contribution is 0.0696. The van der Waals surface area contributed by atoms with E-state index < -0.39 is 16.0 Å². The Bertz CT molecular complexity index is 1250. The molecule has 186 valence electrons. The third kappa shape index (κ3) is 7.69. The molecule has 0 saturated heterocycles. The molecule has 0 aliphatic carbocycles. The topological polar surface area (TPSA) is 111 Å². The van der Waals surface area contributed by atoms with Gasteiger partial charge in [-0.05, 0) is 53.9 Å². The summed E-state index contributed by atoms with van der Waals surface area (Å²) in [6, 6.07) is 17.5. The maximum absolute atomic E-state index is 13.3. The molecule has 3 aromatic rings. The minimum absolute atomic E-state index is 0.103. The first-order valence-corrected chi connectivity index (χ1v) is 12.6. The van der Waals surface area contributed by atoms with E-state index in [1.165, 1.54) is 24.3 Å². The smallest absolute Gasteiger partial charge is 0.335 e. The molecule has 0 heterocycles. The Morgan fingerprint density at radius 3 is 2.46 bits per heavy atom. The number of halogens is 1. The van der Waals surface area contributed by atoms with Crippen LogP contribution in [0.3, 0.4) is 0 Å². The summed E-state index contributed by atoms with van der Waals surface area (Å²) >= 11 is 6.12. The average Bonchev–Trinajstić information content (AvgIpc) is 2.83. The quantitative estimate of drug-likeness (QED) is 0.317. The monoisotopic (exact) mass is 519 g/mol. The number of carbonyl (C=O) groups is 1. The van der Waals surface area contributed by atoms with Crippen molar-refractivity contribution in [3.63, 3.8) is 0 Å². The summed E-state index contributed by atoms with van der Waals surface area (Å²) in [6.07, 6.45) is 0.409. The second kappa shape index (κ2) is 12.6. The minimum Gasteiger partial charge on any atom is -0.487 e. The van der Waals surface area contributed by atoms with Crippen LogP contribution in [0, 0.1) is 0 Å². The summed E-state index contributed by atoms with van der Waals surface area (Å²) in [5, 5.41) is 9.36. The van der Waals surface area contributed by atoms with Gasteiger partial charge < -0.3 is 19.3 Å². The van der Waals surface area contributed by atoms with E-state index in [1.807, 2.05) is 0 Å². The molecule has 3 aromatic carbocycles. The molecule has 0 unspecified atom stereocenters. The number of carboxylic acid groups (broad SMARTS) is 1. The van der Waals surface area contributed by atoms with Gasteiger partial charge in [-0.2, -0.15) is 0 Å². The molecule has 0 aromatic heterocycles. The largest absolute Gasteiger partial charge is 0.487 e. The molecule has 0 atom stereocenters. The van der Waals surface area contributed by atoms with Gasteiger partial charge in [0.2, 0.25) is 0 Å². The SMILES string of the molecule is COCCOCCc1ccccc1S(=O)(=O)Nc1cc(Cl)ccc1OCc1ccc(C(=O)O)cc1. The van der Waals surface area contributed by atoms with Gasteiger partial charge in [-0.3, -0.25) is 4.72 Å². The zero-order valence-corrected chi connectivity index (χ0v) is 20.6. The van der Waals surface area contributed by atoms with Crippen molar-refractivity contribution in [2.75, 3.05) is 31.7 Å². The average molecular weight is 520 g/mol. The van der Waals surface area contributed by atoms with Crippen molar-refractivity contribution in [3.8, 4) is 5.75 Å². The van der Waals surface area contributed by atoms with Crippen LogP contribution in [-0.2, 0) is 32.5 Å². The number of ether oxygens (including phenoxy) is 3. The predicted octanol–water partition coefficient (Wildman–Crippen LogP) is 4.62. The highest BCUT2D eigenvalue weighted by molar-refractivity contribution is 7.92. The Labute approximate surface area is 209 Å². The lowest BCUT2D eigenvalue weighted by Crippen LogP contribution is -2.16. The number of methoxy groups -OCH3 is 1. The van der Waals surface area contributed by atoms with E-state index in [0.29, 0.717) is 36.8 Å². The molecule has 0 amide bonds. The van der Waals surface area contributed by atoms with Gasteiger partial charge >= 0.3 is 5.97 Å². The number of sulfonamides is 1. The van der Waals surface area contributed by atoms with Crippen LogP contribution in [0.1, 0.15) is 21.5 Å². The predicted molar refractivity (Wildman–Crippen MR) is 133 cm³/mol. The standard InChI is InChI=1S/C25H26ClNO7S/c1-32-14-15-33-13-12-19-4-2-3-5-24(19)35(30,31)27-22-16-21(26)10-11-23(22)34-17-18-6-8-20(9-7-18)25(28)29/h2-11,16,27H,12-15,17H2,1H3,(H,28,29). The fourth-order valence-electron chi connectivity index (χ4n) is 3.21. The molecule has 35 heavy (non-hydrogen) atoms. The number of hydrogen-bond acceptors (Lipinski definition) is 6. The van der Waals surface area contributed by atoms with Crippen LogP contribution in [-0.4, -0.2) is 46.4 Å². The molecule has 0 aliphatic heterocycles. The van der Waals surface area contributed by atoms with E-state index in [1.54, 1.807) is 49.6 Å². The molecular formula is C25H26ClNO7S. The lowest BCUT2D eigenvalue weighted by Gasteiger charge is -2.16. The van der Waals surface area contributed by atoms with Gasteiger partial charge in [-0.25, -0.2) is 13.2 Å². The fourth-order valence-corrected chi connectivity index (χ4v) is 4.72. The van der Waals surface area contributed by atoms with Gasteiger partial charge in [0.15, 0.2) is 0 Å². The summed E-state index contributed by atoms with van der Waals surface area (Å²) in [7, 11) is -2.38. The number of rotatable bonds is 13. The molecule has 8 nitrogen and oxygen atoms in total. The molecule has 0 spiro atoms. The van der Waals surface area contributed by atoms with Crippen LogP contribution in [0.15, 0.2) is 71.6 Å². The van der Waals surface area contributed by atoms with Crippen molar-refractivity contribution in [2.24, 2.45) is 0 Å². The number of carboxylic acids is 1. The third-order valence-corrected chi connectivity index (χ3v) is 6.69. The summed E-state index contributed by atoms with van der Waals surface area (Å²) < 4.78 is 45.4. The first-order valence-electron chi connectivity index (χ1n) is 10.7. The van der Waals surface area contributed by atoms with E-state index in [9.17, 15) is 13.2 Å². The highest BCUT2D eigenvalue weighted by atomic mass is 35.5. The molecule has 10 heteroatoms. The second-order valence-corrected chi connectivity index (χ2v) is 9.59. The fraction of sp³-hybridized carbons (Fsp3) is 0.240. The number of nitrogens with one attached hydrogen (secondary N) is 1. The van der Waals surface area contributed by atoms with E-state index in [2.05, 4.69) is 4.72 Å². The van der Waals surface area contributed by atoms with E-state index >= 15 is 0 Å². The minimum atomic E-state index is -3.96. The van der Waals surface area contributed by atoms with Gasteiger partial charge in [0.25, 0.3) is 10.0 Å². The Kier molecular flexibility index (Phi) is 9.50. The zero-order chi connectivity index (χ0) is 25.3. The van der Waals surface area contributed by atoms with Crippen molar-refractivity contribution in [1.29, 1.82) is 0 Å². The van der Waals surface area contributed by atoms with Crippen LogP contribution in [0.2, 0.25) is 5.02 Å². The molecule has 0 saturated carbocycles. The zero-order valence-electron chi connectivity index (χ0n) is 19.1. The van der Waals surface area contributed by atoms with Gasteiger partial charge in [-0.1, -0.05) is 41.9 Å². The Morgan fingerprint density at radius 1 is 1.00 bits per heavy atom. The van der Waals surface area contributed by atoms with E-state index in [0.717, 1.165) is 5.56 Å². The van der Waals surface area contributed by atoms with E-state index in [4.69, 9.17) is 30.9 Å². The highest BCUT2D eigenvalue weighted by Crippen LogP contribution is 2.31. The first-order chi connectivity index (χ1) is 16.8. The molecule has 0 radical (unpaired) electrons. The van der Waals surface area contributed by atoms with E-state index in [-0.39, 0.29) is 28.5 Å². The van der Waals surface area contributed by atoms with Crippen LogP contribution in [0.5, 0.6) is 5.75 Å². The van der Waals surface area contributed by atoms with Crippen molar-refractivity contribution in [2.45, 2.75) is 17.9 Å². The van der Waals surface area contributed by atoms with Gasteiger partial charge in [0.1, 0.15) is 12.4 Å². The first kappa shape index (κ1) is 26.5. The Balaban J connectivity index is 1.76. The summed E-state index contributed by atoms with van der Waals surface area (Å²) in [6.45, 7) is 1.34. The number of anilines is 1. The van der Waals surface area contributed by atoms with Gasteiger partial charge in [0.05, 0.1) is 36.0 Å². The van der Waals surface area contributed by atoms with Crippen molar-refractivity contribution < 1.29 is 32.5 Å². The maximum Gasteiger partial charge on any atom is 0.335 e. The summed E-state index contributed by atoms with van der Waals surface area (Å²) in [4.78, 5) is 11.2. The Hall–Kier alpha value is -3.11. The third-order valence-electron chi connectivity index (χ3n) is 4.99.